The summed E-state index contributed by atoms with van der Waals surface area (Å²) in [5.74, 6) is 0.952. The Morgan fingerprint density at radius 1 is 1.07 bits per heavy atom. The van der Waals surface area contributed by atoms with E-state index in [1.165, 1.54) is 23.1 Å². The Morgan fingerprint density at radius 2 is 1.79 bits per heavy atom. The third kappa shape index (κ3) is 4.90. The second-order valence-corrected chi connectivity index (χ2v) is 8.31. The number of benzene rings is 2. The molecule has 146 valence electrons. The molecule has 2 aromatic heterocycles. The lowest BCUT2D eigenvalue weighted by Gasteiger charge is -2.08. The third-order valence-corrected chi connectivity index (χ3v) is 6.16. The van der Waals surface area contributed by atoms with Crippen molar-refractivity contribution in [1.29, 1.82) is 0 Å². The molecule has 0 aliphatic heterocycles. The van der Waals surface area contributed by atoms with Gasteiger partial charge < -0.3 is 9.88 Å². The van der Waals surface area contributed by atoms with Gasteiger partial charge in [0.25, 0.3) is 0 Å². The zero-order valence-corrected chi connectivity index (χ0v) is 17.4. The van der Waals surface area contributed by atoms with Crippen molar-refractivity contribution in [2.45, 2.75) is 18.6 Å². The number of rotatable bonds is 7. The molecule has 0 unspecified atom stereocenters. The molecular formula is C21H19N5OS2. The van der Waals surface area contributed by atoms with E-state index in [2.05, 4.69) is 32.6 Å². The number of anilines is 1. The number of carbonyl (C=O) groups excluding carboxylic acids is 1. The zero-order chi connectivity index (χ0) is 20.1. The Morgan fingerprint density at radius 3 is 2.55 bits per heavy atom. The van der Waals surface area contributed by atoms with E-state index in [-0.39, 0.29) is 11.7 Å². The first-order valence-electron chi connectivity index (χ1n) is 9.06. The minimum atomic E-state index is -0.115. The van der Waals surface area contributed by atoms with Crippen molar-refractivity contribution >= 4 is 34.1 Å². The van der Waals surface area contributed by atoms with Gasteiger partial charge in [-0.3, -0.25) is 4.79 Å². The van der Waals surface area contributed by atoms with Crippen LogP contribution in [0.4, 0.5) is 5.13 Å². The number of aromatic nitrogens is 4. The molecule has 0 aliphatic rings. The average Bonchev–Trinajstić information content (AvgIpc) is 3.35. The molecule has 2 heterocycles. The monoisotopic (exact) mass is 421 g/mol. The van der Waals surface area contributed by atoms with Crippen molar-refractivity contribution in [1.82, 2.24) is 19.7 Å². The fourth-order valence-electron chi connectivity index (χ4n) is 2.77. The summed E-state index contributed by atoms with van der Waals surface area (Å²) in [6.45, 7) is 2.59. The fourth-order valence-corrected chi connectivity index (χ4v) is 4.39. The summed E-state index contributed by atoms with van der Waals surface area (Å²) in [5.41, 5.74) is 2.25. The van der Waals surface area contributed by atoms with Gasteiger partial charge in [-0.2, -0.15) is 0 Å². The molecule has 1 amide bonds. The Labute approximate surface area is 177 Å². The van der Waals surface area contributed by atoms with Crippen LogP contribution in [0.25, 0.3) is 10.4 Å². The van der Waals surface area contributed by atoms with Crippen LogP contribution in [0.1, 0.15) is 11.4 Å². The highest BCUT2D eigenvalue weighted by Crippen LogP contribution is 2.29. The maximum atomic E-state index is 12.4. The average molecular weight is 422 g/mol. The normalized spacial score (nSPS) is 10.8. The van der Waals surface area contributed by atoms with Gasteiger partial charge in [0, 0.05) is 6.20 Å². The number of nitrogens with zero attached hydrogens (tertiary/aromatic N) is 4. The molecule has 8 heteroatoms. The lowest BCUT2D eigenvalue weighted by Crippen LogP contribution is -2.14. The number of amides is 1. The van der Waals surface area contributed by atoms with Gasteiger partial charge >= 0.3 is 0 Å². The first-order valence-corrected chi connectivity index (χ1v) is 10.9. The highest BCUT2D eigenvalue weighted by molar-refractivity contribution is 7.99. The molecule has 0 spiro atoms. The van der Waals surface area contributed by atoms with E-state index in [4.69, 9.17) is 0 Å². The van der Waals surface area contributed by atoms with Crippen LogP contribution in [0.3, 0.4) is 0 Å². The molecule has 1 N–H and O–H groups in total. The van der Waals surface area contributed by atoms with Gasteiger partial charge in [-0.15, -0.1) is 10.2 Å². The molecule has 0 saturated carbocycles. The van der Waals surface area contributed by atoms with Crippen molar-refractivity contribution < 1.29 is 4.79 Å². The number of hydrogen-bond donors (Lipinski definition) is 1. The molecule has 0 saturated heterocycles. The first-order chi connectivity index (χ1) is 14.2. The number of nitrogens with one attached hydrogen (secondary N) is 1. The van der Waals surface area contributed by atoms with Crippen molar-refractivity contribution in [3.05, 3.63) is 78.2 Å². The SMILES string of the molecule is Cc1nnc(SCC(=O)Nc2ncc(-c3ccccc3)s2)n1Cc1ccccc1. The molecule has 2 aromatic carbocycles. The lowest BCUT2D eigenvalue weighted by atomic mass is 10.2. The number of hydrogen-bond acceptors (Lipinski definition) is 6. The van der Waals surface area contributed by atoms with Gasteiger partial charge in [-0.25, -0.2) is 4.98 Å². The molecule has 4 rings (SSSR count). The van der Waals surface area contributed by atoms with Gasteiger partial charge in [0.2, 0.25) is 5.91 Å². The van der Waals surface area contributed by atoms with Gasteiger partial charge in [-0.05, 0) is 18.1 Å². The summed E-state index contributed by atoms with van der Waals surface area (Å²) in [6.07, 6.45) is 1.78. The molecule has 0 aliphatic carbocycles. The van der Waals surface area contributed by atoms with E-state index in [9.17, 15) is 4.79 Å². The van der Waals surface area contributed by atoms with E-state index in [1.54, 1.807) is 6.20 Å². The smallest absolute Gasteiger partial charge is 0.236 e. The Kier molecular flexibility index (Phi) is 6.02. The molecular weight excluding hydrogens is 402 g/mol. The number of carbonyl (C=O) groups is 1. The fraction of sp³-hybridized carbons (Fsp3) is 0.143. The highest BCUT2D eigenvalue weighted by atomic mass is 32.2. The van der Waals surface area contributed by atoms with Crippen molar-refractivity contribution in [3.8, 4) is 10.4 Å². The van der Waals surface area contributed by atoms with Crippen molar-refractivity contribution in [3.63, 3.8) is 0 Å². The van der Waals surface area contributed by atoms with E-state index < -0.39 is 0 Å². The largest absolute Gasteiger partial charge is 0.302 e. The van der Waals surface area contributed by atoms with E-state index in [0.29, 0.717) is 11.7 Å². The predicted molar refractivity (Wildman–Crippen MR) is 117 cm³/mol. The first kappa shape index (κ1) is 19.4. The summed E-state index contributed by atoms with van der Waals surface area (Å²) in [4.78, 5) is 17.7. The quantitative estimate of drug-likeness (QED) is 0.445. The maximum Gasteiger partial charge on any atom is 0.236 e. The van der Waals surface area contributed by atoms with Crippen LogP contribution in [0, 0.1) is 6.92 Å². The molecule has 0 fully saturated rings. The third-order valence-electron chi connectivity index (χ3n) is 4.23. The van der Waals surface area contributed by atoms with Crippen LogP contribution >= 0.6 is 23.1 Å². The second kappa shape index (κ2) is 9.02. The molecule has 29 heavy (non-hydrogen) atoms. The topological polar surface area (TPSA) is 72.7 Å². The van der Waals surface area contributed by atoms with Gasteiger partial charge in [0.05, 0.1) is 17.2 Å². The Hall–Kier alpha value is -2.97. The molecule has 6 nitrogen and oxygen atoms in total. The zero-order valence-electron chi connectivity index (χ0n) is 15.8. The van der Waals surface area contributed by atoms with Crippen LogP contribution in [-0.2, 0) is 11.3 Å². The summed E-state index contributed by atoms with van der Waals surface area (Å²) in [6, 6.07) is 20.1. The highest BCUT2D eigenvalue weighted by Gasteiger charge is 2.13. The van der Waals surface area contributed by atoms with Crippen LogP contribution in [0.5, 0.6) is 0 Å². The number of aryl methyl sites for hydroxylation is 1. The second-order valence-electron chi connectivity index (χ2n) is 6.33. The lowest BCUT2D eigenvalue weighted by molar-refractivity contribution is -0.113. The van der Waals surface area contributed by atoms with Gasteiger partial charge in [0.15, 0.2) is 10.3 Å². The minimum absolute atomic E-state index is 0.115. The number of thioether (sulfide) groups is 1. The predicted octanol–water partition coefficient (Wildman–Crippen LogP) is 4.49. The standard InChI is InChI=1S/C21H19N5OS2/c1-15-24-25-21(26(15)13-16-8-4-2-5-9-16)28-14-19(27)23-20-22-12-18(29-20)17-10-6-3-7-11-17/h2-12H,13-14H2,1H3,(H,22,23,27). The minimum Gasteiger partial charge on any atom is -0.302 e. The summed E-state index contributed by atoms with van der Waals surface area (Å²) >= 11 is 2.83. The van der Waals surface area contributed by atoms with Crippen LogP contribution in [-0.4, -0.2) is 31.4 Å². The summed E-state index contributed by atoms with van der Waals surface area (Å²) < 4.78 is 2.02. The van der Waals surface area contributed by atoms with E-state index >= 15 is 0 Å². The molecule has 0 bridgehead atoms. The summed E-state index contributed by atoms with van der Waals surface area (Å²) in [7, 11) is 0. The van der Waals surface area contributed by atoms with Crippen molar-refractivity contribution in [2.75, 3.05) is 11.1 Å². The van der Waals surface area contributed by atoms with Crippen LogP contribution in [0.2, 0.25) is 0 Å². The molecule has 0 atom stereocenters. The molecule has 4 aromatic rings. The number of thiazole rings is 1. The van der Waals surface area contributed by atoms with Crippen LogP contribution < -0.4 is 5.32 Å². The molecule has 0 radical (unpaired) electrons. The van der Waals surface area contributed by atoms with Gasteiger partial charge in [-0.1, -0.05) is 83.8 Å². The van der Waals surface area contributed by atoms with Crippen molar-refractivity contribution in [2.24, 2.45) is 0 Å². The van der Waals surface area contributed by atoms with E-state index in [1.807, 2.05) is 60.0 Å². The summed E-state index contributed by atoms with van der Waals surface area (Å²) in [5, 5.41) is 12.6. The van der Waals surface area contributed by atoms with Crippen LogP contribution in [0.15, 0.2) is 72.0 Å². The Bertz CT molecular complexity index is 1090. The Balaban J connectivity index is 1.36. The van der Waals surface area contributed by atoms with Gasteiger partial charge in [0.1, 0.15) is 5.82 Å². The van der Waals surface area contributed by atoms with E-state index in [0.717, 1.165) is 27.0 Å². The maximum absolute atomic E-state index is 12.4.